The number of carbonyl (C=O) groups excluding carboxylic acids is 4. The number of likely N-dealkylation sites (tertiary alicyclic amines) is 1. The first-order valence-electron chi connectivity index (χ1n) is 10.8. The number of nitrogens with zero attached hydrogens (tertiary/aromatic N) is 2. The van der Waals surface area contributed by atoms with Crippen LogP contribution in [0.4, 0.5) is 0 Å². The second-order valence-corrected chi connectivity index (χ2v) is 8.84. The molecule has 4 aliphatic rings. The zero-order chi connectivity index (χ0) is 21.0. The standard InChI is InChI=1S/C22H26N4O4/c23-10-14-9-12-3-2-6-16(12)25(14)11-13-4-1-5-15-19(13)22(30)26(21(15)29)17-7-8-18(27)24-20(17)28/h1,4-5,12,14,16-17H,2-3,6-11,23H2,(H,24,27,28)/t12-,14-,16-,17?/m0/s1. The van der Waals surface area contributed by atoms with Gasteiger partial charge in [-0.2, -0.15) is 0 Å². The second kappa shape index (κ2) is 7.28. The van der Waals surface area contributed by atoms with Crippen LogP contribution in [-0.2, 0) is 16.1 Å². The lowest BCUT2D eigenvalue weighted by Gasteiger charge is -2.30. The fourth-order valence-corrected chi connectivity index (χ4v) is 5.88. The zero-order valence-electron chi connectivity index (χ0n) is 16.8. The van der Waals surface area contributed by atoms with E-state index in [1.807, 2.05) is 6.07 Å². The van der Waals surface area contributed by atoms with Gasteiger partial charge in [-0.15, -0.1) is 0 Å². The summed E-state index contributed by atoms with van der Waals surface area (Å²) in [5.41, 5.74) is 7.59. The maximum absolute atomic E-state index is 13.3. The molecule has 3 aliphatic heterocycles. The summed E-state index contributed by atoms with van der Waals surface area (Å²) >= 11 is 0. The van der Waals surface area contributed by atoms with E-state index in [4.69, 9.17) is 5.73 Å². The summed E-state index contributed by atoms with van der Waals surface area (Å²) in [6.07, 6.45) is 4.96. The lowest BCUT2D eigenvalue weighted by Crippen LogP contribution is -2.54. The number of amides is 4. The Bertz CT molecular complexity index is 945. The van der Waals surface area contributed by atoms with E-state index < -0.39 is 23.8 Å². The predicted molar refractivity (Wildman–Crippen MR) is 107 cm³/mol. The quantitative estimate of drug-likeness (QED) is 0.710. The molecule has 1 aromatic rings. The van der Waals surface area contributed by atoms with Gasteiger partial charge in [0.1, 0.15) is 6.04 Å². The third kappa shape index (κ3) is 2.89. The molecule has 4 amide bonds. The molecule has 1 aromatic carbocycles. The van der Waals surface area contributed by atoms with Gasteiger partial charge in [0.25, 0.3) is 11.8 Å². The fourth-order valence-electron chi connectivity index (χ4n) is 5.88. The van der Waals surface area contributed by atoms with Crippen LogP contribution in [0.1, 0.15) is 64.8 Å². The minimum absolute atomic E-state index is 0.117. The Labute approximate surface area is 174 Å². The SMILES string of the molecule is NC[C@@H]1C[C@@H]2CCC[C@@H]2N1Cc1cccc2c1C(=O)N(C1CCC(=O)NC1=O)C2=O. The number of benzene rings is 1. The molecule has 8 nitrogen and oxygen atoms in total. The van der Waals surface area contributed by atoms with Crippen molar-refractivity contribution < 1.29 is 19.2 Å². The molecule has 8 heteroatoms. The first-order valence-corrected chi connectivity index (χ1v) is 10.8. The van der Waals surface area contributed by atoms with Gasteiger partial charge in [0.15, 0.2) is 0 Å². The topological polar surface area (TPSA) is 113 Å². The maximum Gasteiger partial charge on any atom is 0.262 e. The summed E-state index contributed by atoms with van der Waals surface area (Å²) in [5.74, 6) is -1.19. The third-order valence-corrected chi connectivity index (χ3v) is 7.27. The summed E-state index contributed by atoms with van der Waals surface area (Å²) in [5, 5.41) is 2.24. The summed E-state index contributed by atoms with van der Waals surface area (Å²) < 4.78 is 0. The van der Waals surface area contributed by atoms with Crippen LogP contribution in [0.3, 0.4) is 0 Å². The molecule has 5 rings (SSSR count). The largest absolute Gasteiger partial charge is 0.329 e. The van der Waals surface area contributed by atoms with Crippen molar-refractivity contribution in [1.29, 1.82) is 0 Å². The van der Waals surface area contributed by atoms with Gasteiger partial charge in [-0.05, 0) is 43.2 Å². The zero-order valence-corrected chi connectivity index (χ0v) is 16.8. The van der Waals surface area contributed by atoms with E-state index in [0.29, 0.717) is 36.2 Å². The van der Waals surface area contributed by atoms with Gasteiger partial charge in [0, 0.05) is 31.6 Å². The number of nitrogens with two attached hydrogens (primary N) is 1. The molecule has 1 aliphatic carbocycles. The van der Waals surface area contributed by atoms with E-state index in [1.165, 1.54) is 12.8 Å². The Morgan fingerprint density at radius 1 is 1.07 bits per heavy atom. The average molecular weight is 410 g/mol. The van der Waals surface area contributed by atoms with Gasteiger partial charge in [0.2, 0.25) is 11.8 Å². The number of hydrogen-bond donors (Lipinski definition) is 2. The number of nitrogens with one attached hydrogen (secondary N) is 1. The molecule has 1 saturated carbocycles. The van der Waals surface area contributed by atoms with Crippen molar-refractivity contribution in [2.24, 2.45) is 11.7 Å². The van der Waals surface area contributed by atoms with Crippen LogP contribution >= 0.6 is 0 Å². The summed E-state index contributed by atoms with van der Waals surface area (Å²) in [7, 11) is 0. The Morgan fingerprint density at radius 3 is 2.67 bits per heavy atom. The van der Waals surface area contributed by atoms with Crippen LogP contribution in [0, 0.1) is 5.92 Å². The first-order chi connectivity index (χ1) is 14.5. The van der Waals surface area contributed by atoms with Crippen molar-refractivity contribution in [3.8, 4) is 0 Å². The second-order valence-electron chi connectivity index (χ2n) is 8.84. The highest BCUT2D eigenvalue weighted by Crippen LogP contribution is 2.42. The van der Waals surface area contributed by atoms with Crippen LogP contribution in [0.25, 0.3) is 0 Å². The monoisotopic (exact) mass is 410 g/mol. The Hall–Kier alpha value is -2.58. The summed E-state index contributed by atoms with van der Waals surface area (Å²) in [6, 6.07) is 5.17. The van der Waals surface area contributed by atoms with Crippen LogP contribution < -0.4 is 11.1 Å². The van der Waals surface area contributed by atoms with Gasteiger partial charge in [-0.25, -0.2) is 0 Å². The number of piperidine rings is 1. The molecule has 3 fully saturated rings. The number of rotatable bonds is 4. The van der Waals surface area contributed by atoms with Crippen molar-refractivity contribution in [2.75, 3.05) is 6.54 Å². The third-order valence-electron chi connectivity index (χ3n) is 7.27. The average Bonchev–Trinajstić information content (AvgIpc) is 3.37. The smallest absolute Gasteiger partial charge is 0.262 e. The molecule has 0 aromatic heterocycles. The van der Waals surface area contributed by atoms with Gasteiger partial charge in [-0.1, -0.05) is 18.6 Å². The van der Waals surface area contributed by atoms with Gasteiger partial charge in [-0.3, -0.25) is 34.3 Å². The molecule has 4 atom stereocenters. The maximum atomic E-state index is 13.3. The Balaban J connectivity index is 1.45. The van der Waals surface area contributed by atoms with Crippen molar-refractivity contribution in [1.82, 2.24) is 15.1 Å². The highest BCUT2D eigenvalue weighted by atomic mass is 16.2. The molecule has 3 N–H and O–H groups in total. The molecule has 0 spiro atoms. The van der Waals surface area contributed by atoms with E-state index in [9.17, 15) is 19.2 Å². The molecule has 2 saturated heterocycles. The minimum Gasteiger partial charge on any atom is -0.329 e. The van der Waals surface area contributed by atoms with Crippen molar-refractivity contribution >= 4 is 23.6 Å². The van der Waals surface area contributed by atoms with Gasteiger partial charge >= 0.3 is 0 Å². The molecule has 0 bridgehead atoms. The molecular formula is C22H26N4O4. The van der Waals surface area contributed by atoms with Crippen LogP contribution in [0.2, 0.25) is 0 Å². The summed E-state index contributed by atoms with van der Waals surface area (Å²) in [6.45, 7) is 1.16. The van der Waals surface area contributed by atoms with Crippen LogP contribution in [0.15, 0.2) is 18.2 Å². The molecule has 1 unspecified atom stereocenters. The fraction of sp³-hybridized carbons (Fsp3) is 0.545. The molecule has 158 valence electrons. The predicted octanol–water partition coefficient (Wildman–Crippen LogP) is 0.789. The lowest BCUT2D eigenvalue weighted by molar-refractivity contribution is -0.136. The highest BCUT2D eigenvalue weighted by Gasteiger charge is 2.47. The Morgan fingerprint density at radius 2 is 1.90 bits per heavy atom. The summed E-state index contributed by atoms with van der Waals surface area (Å²) in [4.78, 5) is 53.6. The van der Waals surface area contributed by atoms with Gasteiger partial charge < -0.3 is 5.73 Å². The van der Waals surface area contributed by atoms with Crippen molar-refractivity contribution in [3.05, 3.63) is 34.9 Å². The molecule has 30 heavy (non-hydrogen) atoms. The van der Waals surface area contributed by atoms with Crippen LogP contribution in [-0.4, -0.2) is 58.1 Å². The minimum atomic E-state index is -0.939. The van der Waals surface area contributed by atoms with E-state index in [-0.39, 0.29) is 24.8 Å². The number of hydrogen-bond acceptors (Lipinski definition) is 6. The number of fused-ring (bicyclic) bond motifs is 2. The number of carbonyl (C=O) groups is 4. The van der Waals surface area contributed by atoms with E-state index in [1.54, 1.807) is 12.1 Å². The molecular weight excluding hydrogens is 384 g/mol. The lowest BCUT2D eigenvalue weighted by atomic mass is 10.0. The van der Waals surface area contributed by atoms with E-state index >= 15 is 0 Å². The molecule has 0 radical (unpaired) electrons. The number of imide groups is 2. The van der Waals surface area contributed by atoms with Crippen molar-refractivity contribution in [3.63, 3.8) is 0 Å². The first kappa shape index (κ1) is 19.4. The Kier molecular flexibility index (Phi) is 4.71. The van der Waals surface area contributed by atoms with Crippen molar-refractivity contribution in [2.45, 2.75) is 63.2 Å². The van der Waals surface area contributed by atoms with Crippen LogP contribution in [0.5, 0.6) is 0 Å². The van der Waals surface area contributed by atoms with Gasteiger partial charge in [0.05, 0.1) is 11.1 Å². The normalized spacial score (nSPS) is 31.3. The highest BCUT2D eigenvalue weighted by molar-refractivity contribution is 6.24. The molecule has 3 heterocycles. The van der Waals surface area contributed by atoms with E-state index in [0.717, 1.165) is 23.3 Å². The van der Waals surface area contributed by atoms with E-state index in [2.05, 4.69) is 10.2 Å².